The van der Waals surface area contributed by atoms with Crippen LogP contribution < -0.4 is 0 Å². The molecule has 58 valence electrons. The minimum atomic E-state index is 0.0726. The van der Waals surface area contributed by atoms with Crippen molar-refractivity contribution < 1.29 is 4.79 Å². The molecule has 0 radical (unpaired) electrons. The first-order valence-corrected chi connectivity index (χ1v) is 3.62. The lowest BCUT2D eigenvalue weighted by Crippen LogP contribution is -2.23. The number of hydrogen-bond acceptors (Lipinski definition) is 1. The molecule has 0 aliphatic rings. The second kappa shape index (κ2) is 5.03. The molecule has 0 aromatic rings. The molecule has 1 amide bonds. The lowest BCUT2D eigenvalue weighted by Gasteiger charge is -2.14. The number of unbranched alkanes of at least 4 members (excludes halogenated alkanes) is 1. The molecule has 0 saturated heterocycles. The predicted octanol–water partition coefficient (Wildman–Crippen LogP) is 1.78. The lowest BCUT2D eigenvalue weighted by atomic mass is 10.3. The highest BCUT2D eigenvalue weighted by Crippen LogP contribution is 1.94. The highest BCUT2D eigenvalue weighted by molar-refractivity contribution is 5.74. The van der Waals surface area contributed by atoms with E-state index in [1.165, 1.54) is 0 Å². The summed E-state index contributed by atoms with van der Waals surface area (Å²) in [6.45, 7) is 7.99. The van der Waals surface area contributed by atoms with E-state index < -0.39 is 0 Å². The smallest absolute Gasteiger partial charge is 0.223 e. The third kappa shape index (κ3) is 3.28. The molecule has 10 heavy (non-hydrogen) atoms. The molecule has 0 atom stereocenters. The summed E-state index contributed by atoms with van der Waals surface area (Å²) in [5, 5.41) is 0. The van der Waals surface area contributed by atoms with Gasteiger partial charge < -0.3 is 4.90 Å². The van der Waals surface area contributed by atoms with Crippen LogP contribution in [0.5, 0.6) is 0 Å². The van der Waals surface area contributed by atoms with Gasteiger partial charge in [-0.15, -0.1) is 0 Å². The quantitative estimate of drug-likeness (QED) is 0.584. The van der Waals surface area contributed by atoms with Gasteiger partial charge in [-0.2, -0.15) is 0 Å². The van der Waals surface area contributed by atoms with Crippen molar-refractivity contribution in [3.63, 3.8) is 0 Å². The highest BCUT2D eigenvalue weighted by atomic mass is 16.2. The van der Waals surface area contributed by atoms with Crippen LogP contribution in [0.15, 0.2) is 12.8 Å². The van der Waals surface area contributed by atoms with E-state index in [1.807, 2.05) is 0 Å². The van der Waals surface area contributed by atoms with Gasteiger partial charge in [0.2, 0.25) is 5.91 Å². The van der Waals surface area contributed by atoms with Crippen molar-refractivity contribution in [3.8, 4) is 0 Å². The van der Waals surface area contributed by atoms with Gasteiger partial charge in [-0.25, -0.2) is 0 Å². The monoisotopic (exact) mass is 141 g/mol. The molecule has 0 N–H and O–H groups in total. The van der Waals surface area contributed by atoms with Crippen LogP contribution in [-0.4, -0.2) is 17.4 Å². The fourth-order valence-electron chi connectivity index (χ4n) is 0.706. The standard InChI is InChI=1S/C8H15NO/c1-4-6-7-9(5-2)8(3)10/h5H,2,4,6-7H2,1,3H3. The van der Waals surface area contributed by atoms with Gasteiger partial charge in [-0.05, 0) is 12.6 Å². The normalized spacial score (nSPS) is 9.00. The average molecular weight is 141 g/mol. The minimum Gasteiger partial charge on any atom is -0.320 e. The molecular weight excluding hydrogens is 126 g/mol. The zero-order chi connectivity index (χ0) is 7.98. The van der Waals surface area contributed by atoms with Crippen LogP contribution in [0.25, 0.3) is 0 Å². The fraction of sp³-hybridized carbons (Fsp3) is 0.625. The Kier molecular flexibility index (Phi) is 4.63. The summed E-state index contributed by atoms with van der Waals surface area (Å²) >= 11 is 0. The fourth-order valence-corrected chi connectivity index (χ4v) is 0.706. The van der Waals surface area contributed by atoms with E-state index in [0.29, 0.717) is 0 Å². The Labute approximate surface area is 62.5 Å². The van der Waals surface area contributed by atoms with Crippen molar-refractivity contribution in [1.29, 1.82) is 0 Å². The van der Waals surface area contributed by atoms with Crippen molar-refractivity contribution in [2.24, 2.45) is 0 Å². The van der Waals surface area contributed by atoms with Crippen molar-refractivity contribution in [2.75, 3.05) is 6.54 Å². The maximum absolute atomic E-state index is 10.7. The molecule has 0 bridgehead atoms. The summed E-state index contributed by atoms with van der Waals surface area (Å²) in [5.41, 5.74) is 0. The molecule has 0 rings (SSSR count). The number of rotatable bonds is 4. The van der Waals surface area contributed by atoms with Crippen LogP contribution in [0.1, 0.15) is 26.7 Å². The summed E-state index contributed by atoms with van der Waals surface area (Å²) in [6.07, 6.45) is 3.74. The maximum atomic E-state index is 10.7. The third-order valence-corrected chi connectivity index (χ3v) is 1.38. The van der Waals surface area contributed by atoms with Gasteiger partial charge in [0.25, 0.3) is 0 Å². The van der Waals surface area contributed by atoms with Gasteiger partial charge in [-0.1, -0.05) is 19.9 Å². The Bertz CT molecular complexity index is 120. The average Bonchev–Trinajstić information content (AvgIpc) is 1.89. The summed E-state index contributed by atoms with van der Waals surface area (Å²) in [6, 6.07) is 0. The SMILES string of the molecule is C=CN(CCCC)C(C)=O. The molecule has 0 aliphatic carbocycles. The Hall–Kier alpha value is -0.790. The van der Waals surface area contributed by atoms with Gasteiger partial charge in [-0.3, -0.25) is 4.79 Å². The molecule has 2 nitrogen and oxygen atoms in total. The minimum absolute atomic E-state index is 0.0726. The van der Waals surface area contributed by atoms with Crippen molar-refractivity contribution in [1.82, 2.24) is 4.90 Å². The first-order valence-electron chi connectivity index (χ1n) is 3.62. The lowest BCUT2D eigenvalue weighted by molar-refractivity contribution is -0.126. The third-order valence-electron chi connectivity index (χ3n) is 1.38. The van der Waals surface area contributed by atoms with E-state index in [-0.39, 0.29) is 5.91 Å². The Morgan fingerprint density at radius 1 is 1.70 bits per heavy atom. The molecule has 0 unspecified atom stereocenters. The molecule has 0 aromatic heterocycles. The summed E-state index contributed by atoms with van der Waals surface area (Å²) in [5.74, 6) is 0.0726. The molecule has 0 aromatic carbocycles. The molecule has 0 fully saturated rings. The van der Waals surface area contributed by atoms with Crippen LogP contribution in [0.4, 0.5) is 0 Å². The molecule has 0 spiro atoms. The zero-order valence-corrected chi connectivity index (χ0v) is 6.76. The van der Waals surface area contributed by atoms with Gasteiger partial charge in [0.05, 0.1) is 0 Å². The first-order chi connectivity index (χ1) is 4.72. The van der Waals surface area contributed by atoms with Crippen LogP contribution in [0, 0.1) is 0 Å². The summed E-state index contributed by atoms with van der Waals surface area (Å²) in [4.78, 5) is 12.4. The molecule has 0 heterocycles. The van der Waals surface area contributed by atoms with Crippen molar-refractivity contribution >= 4 is 5.91 Å². The van der Waals surface area contributed by atoms with Gasteiger partial charge in [0.15, 0.2) is 0 Å². The maximum Gasteiger partial charge on any atom is 0.223 e. The zero-order valence-electron chi connectivity index (χ0n) is 6.76. The largest absolute Gasteiger partial charge is 0.320 e. The highest BCUT2D eigenvalue weighted by Gasteiger charge is 2.00. The van der Waals surface area contributed by atoms with Gasteiger partial charge >= 0.3 is 0 Å². The van der Waals surface area contributed by atoms with E-state index in [0.717, 1.165) is 19.4 Å². The van der Waals surface area contributed by atoms with Crippen molar-refractivity contribution in [2.45, 2.75) is 26.7 Å². The molecule has 2 heteroatoms. The molecular formula is C8H15NO. The molecule has 0 aliphatic heterocycles. The second-order valence-electron chi connectivity index (χ2n) is 2.25. The summed E-state index contributed by atoms with van der Waals surface area (Å²) < 4.78 is 0. The van der Waals surface area contributed by atoms with Gasteiger partial charge in [0, 0.05) is 13.5 Å². The first kappa shape index (κ1) is 9.21. The summed E-state index contributed by atoms with van der Waals surface area (Å²) in [7, 11) is 0. The van der Waals surface area contributed by atoms with E-state index in [1.54, 1.807) is 18.0 Å². The van der Waals surface area contributed by atoms with E-state index in [9.17, 15) is 4.79 Å². The Morgan fingerprint density at radius 3 is 2.60 bits per heavy atom. The molecule has 0 saturated carbocycles. The predicted molar refractivity (Wildman–Crippen MR) is 42.5 cm³/mol. The topological polar surface area (TPSA) is 20.3 Å². The number of amides is 1. The number of carbonyl (C=O) groups excluding carboxylic acids is 1. The number of carbonyl (C=O) groups is 1. The van der Waals surface area contributed by atoms with E-state index >= 15 is 0 Å². The number of nitrogens with zero attached hydrogens (tertiary/aromatic N) is 1. The number of hydrogen-bond donors (Lipinski definition) is 0. The van der Waals surface area contributed by atoms with Crippen molar-refractivity contribution in [3.05, 3.63) is 12.8 Å². The van der Waals surface area contributed by atoms with Gasteiger partial charge in [0.1, 0.15) is 0 Å². The van der Waals surface area contributed by atoms with E-state index in [2.05, 4.69) is 13.5 Å². The second-order valence-corrected chi connectivity index (χ2v) is 2.25. The van der Waals surface area contributed by atoms with Crippen LogP contribution in [0.2, 0.25) is 0 Å². The Morgan fingerprint density at radius 2 is 2.30 bits per heavy atom. The Balaban J connectivity index is 3.60. The van der Waals surface area contributed by atoms with E-state index in [4.69, 9.17) is 0 Å². The van der Waals surface area contributed by atoms with Crippen LogP contribution in [0.3, 0.4) is 0 Å². The van der Waals surface area contributed by atoms with Crippen LogP contribution >= 0.6 is 0 Å². The van der Waals surface area contributed by atoms with Crippen LogP contribution in [-0.2, 0) is 4.79 Å².